The van der Waals surface area contributed by atoms with Crippen molar-refractivity contribution in [3.8, 4) is 11.5 Å². The lowest BCUT2D eigenvalue weighted by Crippen LogP contribution is -2.50. The molecular formula is C26H21F4N3O2. The summed E-state index contributed by atoms with van der Waals surface area (Å²) in [5.74, 6) is 0.460. The zero-order chi connectivity index (χ0) is 24.7. The van der Waals surface area contributed by atoms with Crippen molar-refractivity contribution in [1.29, 1.82) is 0 Å². The number of ether oxygens (including phenoxy) is 1. The number of benzene rings is 3. The molecule has 3 aromatic carbocycles. The number of hydrogen-bond donors (Lipinski definition) is 0. The number of piperazine rings is 1. The summed E-state index contributed by atoms with van der Waals surface area (Å²) in [5.41, 5.74) is 1.16. The predicted molar refractivity (Wildman–Crippen MR) is 123 cm³/mol. The van der Waals surface area contributed by atoms with E-state index in [4.69, 9.17) is 4.74 Å². The Balaban J connectivity index is 1.47. The Hall–Kier alpha value is -3.88. The van der Waals surface area contributed by atoms with Crippen LogP contribution >= 0.6 is 0 Å². The molecule has 0 unspecified atom stereocenters. The number of aryl methyl sites for hydroxylation is 1. The number of alkyl halides is 3. The number of halogens is 4. The highest BCUT2D eigenvalue weighted by molar-refractivity contribution is 6.04. The van der Waals surface area contributed by atoms with Crippen molar-refractivity contribution >= 4 is 17.4 Å². The average molecular weight is 483 g/mol. The Morgan fingerprint density at radius 3 is 2.40 bits per heavy atom. The van der Waals surface area contributed by atoms with Crippen LogP contribution in [0.1, 0.15) is 27.0 Å². The second-order valence-electron chi connectivity index (χ2n) is 8.51. The molecule has 0 bridgehead atoms. The molecule has 0 atom stereocenters. The van der Waals surface area contributed by atoms with E-state index in [1.165, 1.54) is 24.3 Å². The van der Waals surface area contributed by atoms with Gasteiger partial charge in [-0.25, -0.2) is 9.38 Å². The molecule has 0 aromatic heterocycles. The third-order valence-corrected chi connectivity index (χ3v) is 6.05. The fraction of sp³-hybridized carbons (Fsp3) is 0.231. The monoisotopic (exact) mass is 483 g/mol. The highest BCUT2D eigenvalue weighted by Crippen LogP contribution is 2.42. The number of carbonyl (C=O) groups is 1. The van der Waals surface area contributed by atoms with Gasteiger partial charge in [-0.15, -0.1) is 0 Å². The van der Waals surface area contributed by atoms with Gasteiger partial charge in [-0.05, 0) is 55.5 Å². The number of aliphatic imine (C=N–C) groups is 1. The van der Waals surface area contributed by atoms with E-state index in [2.05, 4.69) is 4.99 Å². The molecule has 180 valence electrons. The molecule has 1 amide bonds. The molecule has 9 heteroatoms. The molecule has 5 nitrogen and oxygen atoms in total. The molecule has 35 heavy (non-hydrogen) atoms. The van der Waals surface area contributed by atoms with Gasteiger partial charge >= 0.3 is 6.18 Å². The number of nitrogens with zero attached hydrogens (tertiary/aromatic N) is 3. The minimum atomic E-state index is -4.51. The molecule has 0 N–H and O–H groups in total. The van der Waals surface area contributed by atoms with E-state index < -0.39 is 17.6 Å². The number of rotatable bonds is 1. The lowest BCUT2D eigenvalue weighted by atomic mass is 10.1. The Kier molecular flexibility index (Phi) is 5.70. The first-order valence-electron chi connectivity index (χ1n) is 11.1. The van der Waals surface area contributed by atoms with Gasteiger partial charge in [0, 0.05) is 31.7 Å². The minimum Gasteiger partial charge on any atom is -0.454 e. The summed E-state index contributed by atoms with van der Waals surface area (Å²) in [6.45, 7) is 3.42. The smallest absolute Gasteiger partial charge is 0.416 e. The highest BCUT2D eigenvalue weighted by Gasteiger charge is 2.33. The first-order valence-corrected chi connectivity index (χ1v) is 11.1. The Labute approximate surface area is 199 Å². The van der Waals surface area contributed by atoms with Crippen LogP contribution in [0.4, 0.5) is 23.2 Å². The van der Waals surface area contributed by atoms with Crippen LogP contribution in [0.5, 0.6) is 11.5 Å². The van der Waals surface area contributed by atoms with Crippen LogP contribution in [-0.4, -0.2) is 47.7 Å². The predicted octanol–water partition coefficient (Wildman–Crippen LogP) is 5.79. The van der Waals surface area contributed by atoms with E-state index in [-0.39, 0.29) is 22.9 Å². The summed E-state index contributed by atoms with van der Waals surface area (Å²) in [6, 6.07) is 14.3. The lowest BCUT2D eigenvalue weighted by molar-refractivity contribution is -0.137. The minimum absolute atomic E-state index is 0.0851. The number of fused-ring (bicyclic) bond motifs is 2. The molecule has 2 aliphatic rings. The lowest BCUT2D eigenvalue weighted by Gasteiger charge is -2.36. The molecule has 3 aromatic rings. The van der Waals surface area contributed by atoms with E-state index in [0.29, 0.717) is 43.3 Å². The second kappa shape index (κ2) is 8.72. The van der Waals surface area contributed by atoms with Crippen LogP contribution in [0.25, 0.3) is 0 Å². The zero-order valence-corrected chi connectivity index (χ0v) is 18.8. The summed E-state index contributed by atoms with van der Waals surface area (Å²) in [7, 11) is 0. The average Bonchev–Trinajstić information content (AvgIpc) is 2.99. The second-order valence-corrected chi connectivity index (χ2v) is 8.51. The van der Waals surface area contributed by atoms with Crippen molar-refractivity contribution in [1.82, 2.24) is 9.80 Å². The summed E-state index contributed by atoms with van der Waals surface area (Å²) in [6.07, 6.45) is -4.51. The van der Waals surface area contributed by atoms with Crippen LogP contribution in [0.2, 0.25) is 0 Å². The van der Waals surface area contributed by atoms with Crippen molar-refractivity contribution in [3.05, 3.63) is 88.7 Å². The van der Waals surface area contributed by atoms with Gasteiger partial charge in [-0.3, -0.25) is 4.79 Å². The molecule has 1 saturated heterocycles. The van der Waals surface area contributed by atoms with Gasteiger partial charge in [0.15, 0.2) is 5.75 Å². The van der Waals surface area contributed by atoms with Gasteiger partial charge in [-0.1, -0.05) is 17.7 Å². The largest absolute Gasteiger partial charge is 0.454 e. The van der Waals surface area contributed by atoms with Crippen molar-refractivity contribution in [2.75, 3.05) is 26.2 Å². The maximum atomic E-state index is 13.6. The van der Waals surface area contributed by atoms with Crippen molar-refractivity contribution in [2.45, 2.75) is 13.1 Å². The zero-order valence-electron chi connectivity index (χ0n) is 18.8. The van der Waals surface area contributed by atoms with Crippen LogP contribution < -0.4 is 4.74 Å². The van der Waals surface area contributed by atoms with Crippen LogP contribution in [0.3, 0.4) is 0 Å². The molecule has 0 saturated carbocycles. The molecule has 0 aliphatic carbocycles. The van der Waals surface area contributed by atoms with Gasteiger partial charge in [0.1, 0.15) is 23.1 Å². The maximum absolute atomic E-state index is 13.6. The van der Waals surface area contributed by atoms with E-state index in [9.17, 15) is 22.4 Å². The topological polar surface area (TPSA) is 45.1 Å². The number of amidine groups is 1. The van der Waals surface area contributed by atoms with E-state index in [1.807, 2.05) is 24.0 Å². The van der Waals surface area contributed by atoms with Crippen molar-refractivity contribution < 1.29 is 27.1 Å². The molecule has 2 heterocycles. The normalized spacial score (nSPS) is 15.5. The molecule has 0 spiro atoms. The van der Waals surface area contributed by atoms with Gasteiger partial charge in [-0.2, -0.15) is 13.2 Å². The third kappa shape index (κ3) is 4.58. The maximum Gasteiger partial charge on any atom is 0.416 e. The summed E-state index contributed by atoms with van der Waals surface area (Å²) < 4.78 is 59.6. The summed E-state index contributed by atoms with van der Waals surface area (Å²) >= 11 is 0. The molecule has 0 radical (unpaired) electrons. The van der Waals surface area contributed by atoms with Crippen LogP contribution in [0, 0.1) is 12.7 Å². The molecule has 1 fully saturated rings. The summed E-state index contributed by atoms with van der Waals surface area (Å²) in [5, 5.41) is 0. The first-order chi connectivity index (χ1) is 16.7. The quantitative estimate of drug-likeness (QED) is 0.412. The fourth-order valence-electron chi connectivity index (χ4n) is 4.23. The number of hydrogen-bond acceptors (Lipinski definition) is 4. The van der Waals surface area contributed by atoms with Gasteiger partial charge in [0.05, 0.1) is 11.1 Å². The van der Waals surface area contributed by atoms with Gasteiger partial charge < -0.3 is 14.5 Å². The first kappa shape index (κ1) is 22.9. The number of amides is 1. The van der Waals surface area contributed by atoms with Crippen LogP contribution in [-0.2, 0) is 6.18 Å². The van der Waals surface area contributed by atoms with E-state index >= 15 is 0 Å². The Morgan fingerprint density at radius 2 is 1.69 bits per heavy atom. The number of carbonyl (C=O) groups excluding carboxylic acids is 1. The highest BCUT2D eigenvalue weighted by atomic mass is 19.4. The SMILES string of the molecule is Cc1ccc2c(c1)C(N1CCN(C(=O)c3cccc(F)c3)CC1)=Nc1cc(C(F)(F)F)ccc1O2. The van der Waals surface area contributed by atoms with Crippen molar-refractivity contribution in [3.63, 3.8) is 0 Å². The molecular weight excluding hydrogens is 462 g/mol. The third-order valence-electron chi connectivity index (χ3n) is 6.05. The Bertz CT molecular complexity index is 1330. The van der Waals surface area contributed by atoms with Gasteiger partial charge in [0.2, 0.25) is 0 Å². The van der Waals surface area contributed by atoms with Gasteiger partial charge in [0.25, 0.3) is 5.91 Å². The molecule has 5 rings (SSSR count). The van der Waals surface area contributed by atoms with E-state index in [0.717, 1.165) is 17.7 Å². The van der Waals surface area contributed by atoms with E-state index in [1.54, 1.807) is 17.0 Å². The molecule has 2 aliphatic heterocycles. The Morgan fingerprint density at radius 1 is 0.943 bits per heavy atom. The van der Waals surface area contributed by atoms with Crippen LogP contribution in [0.15, 0.2) is 65.7 Å². The van der Waals surface area contributed by atoms with Crippen molar-refractivity contribution in [2.24, 2.45) is 4.99 Å². The fourth-order valence-corrected chi connectivity index (χ4v) is 4.23. The summed E-state index contributed by atoms with van der Waals surface area (Å²) in [4.78, 5) is 21.0. The standard InChI is InChI=1S/C26H21F4N3O2/c1-16-5-7-22-20(13-16)24(31-21-15-18(26(28,29)30)6-8-23(21)35-22)32-9-11-33(12-10-32)25(34)17-3-2-4-19(27)14-17/h2-8,13-15H,9-12H2,1H3.